The molecule has 44 heteroatoms. The summed E-state index contributed by atoms with van der Waals surface area (Å²) in [6.07, 6.45) is 13.7. The standard InChI is InChI=1S/C23H25ClN4O3.C18H24N4O3.C17H21N3O4.C16H10ClF5O3.C13H17N5O.C9H8N2.C8H13NO4.2CH4/c1-15(2)31-21-10-9-17(11-19(21)24)22(29)27-20(23(30)25-3)14-28-13-18(12-26-28)16-7-5-4-6-8-16;1-18(2,3)25-17(24)21-15(16(23)19-4)12-22-11-14(10-20-22)13-8-6-5-7-9-13;1-17(2,3)24-16(23)19-14(15(21)22)11-20-10-13(9-18-20)12-7-5-4-6-8-12;1-6(2)24-9-4-3-7(5-8(9)17)16(23)25-15-13(21)11(19)10(18)12(20)14(15)22;1-15-13(19)12(17-14)9-18-8-11(7-16-18)10-5-3-2-4-6-10;1-2-4-8(5-3-1)9-6-7-10-11-9;1-8(2,3)13-7(11)9-5-4-12-6(5)10;;/h4-13,15,20H,14H2,1-3H3,(H,25,30)(H,27,29);5-11,15H,12H2,1-4H3,(H,19,23)(H,21,24);4-10,14H,11H2,1-3H3,(H,19,23)(H,21,22);3-6H,1-2H3;2-8,12,17H,9,14H2,1H3,(H,15,19);1-7H,(H,10,11);5H,4H2,1-3H3,(H,9,11);2*1H4/t20-;15-;14-;;12-;;5-;;/m000.0.0../s1. The summed E-state index contributed by atoms with van der Waals surface area (Å²) in [5.74, 6) is -11.0. The van der Waals surface area contributed by atoms with Crippen molar-refractivity contribution in [3.63, 3.8) is 0 Å². The van der Waals surface area contributed by atoms with Gasteiger partial charge in [-0.05, 0) is 160 Å². The number of aromatic nitrogens is 10. The van der Waals surface area contributed by atoms with E-state index in [9.17, 15) is 75.0 Å². The Bertz CT molecular complexity index is 6500. The minimum absolute atomic E-state index is 0. The minimum atomic E-state index is -2.35. The third-order valence-electron chi connectivity index (χ3n) is 19.7. The van der Waals surface area contributed by atoms with E-state index < -0.39 is 124 Å². The number of carbonyl (C=O) groups excluding carboxylic acids is 9. The number of aliphatic carboxylic acids is 1. The number of amides is 7. The predicted molar refractivity (Wildman–Crippen MR) is 556 cm³/mol. The fraction of sp³-hybridized carbons (Fsp3) is 0.311. The molecule has 12 N–H and O–H groups in total. The lowest BCUT2D eigenvalue weighted by molar-refractivity contribution is -0.162. The molecule has 37 nitrogen and oxygen atoms in total. The zero-order valence-corrected chi connectivity index (χ0v) is 85.4. The highest BCUT2D eigenvalue weighted by molar-refractivity contribution is 6.32. The molecule has 6 heterocycles. The predicted octanol–water partition coefficient (Wildman–Crippen LogP) is 17.2. The molecule has 0 unspecified atom stereocenters. The van der Waals surface area contributed by atoms with Gasteiger partial charge in [0.15, 0.2) is 6.04 Å². The van der Waals surface area contributed by atoms with Crippen LogP contribution in [-0.2, 0) is 69.1 Å². The molecular weight excluding hydrogens is 1990 g/mol. The third-order valence-corrected chi connectivity index (χ3v) is 20.3. The number of carbonyl (C=O) groups is 10. The first kappa shape index (κ1) is 122. The number of rotatable bonds is 29. The van der Waals surface area contributed by atoms with Gasteiger partial charge in [-0.2, -0.15) is 34.3 Å². The van der Waals surface area contributed by atoms with Gasteiger partial charge >= 0.3 is 36.2 Å². The molecule has 7 amide bonds. The molecule has 150 heavy (non-hydrogen) atoms. The van der Waals surface area contributed by atoms with Gasteiger partial charge in [-0.3, -0.25) is 48.8 Å². The summed E-state index contributed by atoms with van der Waals surface area (Å²) in [7, 11) is 4.62. The maximum Gasteiger partial charge on any atom is 0.408 e. The summed E-state index contributed by atoms with van der Waals surface area (Å²) in [5, 5.41) is 51.2. The van der Waals surface area contributed by atoms with E-state index in [-0.39, 0.29) is 87.4 Å². The molecule has 13 aromatic rings. The number of aromatic amines is 1. The van der Waals surface area contributed by atoms with Gasteiger partial charge in [-0.1, -0.05) is 190 Å². The highest BCUT2D eigenvalue weighted by atomic mass is 35.5. The number of nitrogens with two attached hydrogens (primary N) is 1. The number of cyclic esters (lactones) is 1. The number of esters is 2. The zero-order valence-electron chi connectivity index (χ0n) is 83.9. The van der Waals surface area contributed by atoms with Crippen LogP contribution in [0.3, 0.4) is 0 Å². The van der Waals surface area contributed by atoms with Crippen molar-refractivity contribution in [3.05, 3.63) is 300 Å². The average Bonchev–Trinajstić information content (AvgIpc) is 1.32. The second kappa shape index (κ2) is 58.9. The molecule has 5 aromatic heterocycles. The first-order valence-electron chi connectivity index (χ1n) is 45.9. The largest absolute Gasteiger partial charge is 0.489 e. The molecule has 14 rings (SSSR count). The van der Waals surface area contributed by atoms with Crippen molar-refractivity contribution < 1.29 is 108 Å². The Kier molecular flexibility index (Phi) is 48.0. The van der Waals surface area contributed by atoms with Crippen LogP contribution in [0.25, 0.3) is 55.8 Å². The smallest absolute Gasteiger partial charge is 0.408 e. The summed E-state index contributed by atoms with van der Waals surface area (Å²) >= 11 is 12.1. The first-order valence-corrected chi connectivity index (χ1v) is 46.7. The van der Waals surface area contributed by atoms with Crippen LogP contribution in [0.2, 0.25) is 10.0 Å². The van der Waals surface area contributed by atoms with Crippen LogP contribution in [0.1, 0.15) is 126 Å². The monoisotopic (exact) mass is 2120 g/mol. The molecule has 1 fully saturated rings. The lowest BCUT2D eigenvalue weighted by Gasteiger charge is -2.27. The number of carboxylic acids is 1. The van der Waals surface area contributed by atoms with E-state index in [1.807, 2.05) is 190 Å². The topological polar surface area (TPSA) is 478 Å². The molecule has 0 spiro atoms. The molecule has 1 aliphatic heterocycles. The van der Waals surface area contributed by atoms with Crippen LogP contribution in [0.15, 0.2) is 250 Å². The number of hydrogen-bond donors (Lipinski definition) is 11. The molecule has 1 saturated heterocycles. The normalized spacial score (nSPS) is 12.4. The van der Waals surface area contributed by atoms with Crippen LogP contribution in [0.4, 0.5) is 36.3 Å². The first-order chi connectivity index (χ1) is 70.1. The molecule has 0 radical (unpaired) electrons. The summed E-state index contributed by atoms with van der Waals surface area (Å²) in [6.45, 7) is 23.9. The van der Waals surface area contributed by atoms with Crippen LogP contribution in [0, 0.1) is 29.1 Å². The van der Waals surface area contributed by atoms with Gasteiger partial charge in [0, 0.05) is 79.9 Å². The van der Waals surface area contributed by atoms with Gasteiger partial charge in [-0.25, -0.2) is 47.4 Å². The molecule has 0 saturated carbocycles. The van der Waals surface area contributed by atoms with Gasteiger partial charge in [0.25, 0.3) is 5.91 Å². The van der Waals surface area contributed by atoms with Gasteiger partial charge in [0.05, 0.1) is 84.5 Å². The maximum atomic E-state index is 13.5. The number of nitrogens with one attached hydrogen (secondary N) is 9. The van der Waals surface area contributed by atoms with Crippen LogP contribution in [0.5, 0.6) is 17.2 Å². The highest BCUT2D eigenvalue weighted by Gasteiger charge is 2.35. The Morgan fingerprint density at radius 1 is 0.447 bits per heavy atom. The number of carboxylic acid groups (broad SMARTS) is 1. The van der Waals surface area contributed by atoms with Gasteiger partial charge in [0.1, 0.15) is 59.1 Å². The number of H-pyrrole nitrogens is 1. The molecular formula is C106H126Cl2F5N19O18. The Labute approximate surface area is 875 Å². The number of halogens is 7. The summed E-state index contributed by atoms with van der Waals surface area (Å²) in [5.41, 5.74) is 10.8. The van der Waals surface area contributed by atoms with E-state index in [0.717, 1.165) is 62.3 Å². The molecule has 8 aromatic carbocycles. The van der Waals surface area contributed by atoms with Crippen LogP contribution >= 0.6 is 23.2 Å². The second-order valence-corrected chi connectivity index (χ2v) is 36.5. The van der Waals surface area contributed by atoms with Crippen molar-refractivity contribution in [2.75, 3.05) is 27.7 Å². The van der Waals surface area contributed by atoms with Gasteiger partial charge in [-0.15, -0.1) is 0 Å². The molecule has 802 valence electrons. The number of benzene rings is 8. The number of hydrogen-bond acceptors (Lipinski definition) is 24. The Morgan fingerprint density at radius 3 is 1.09 bits per heavy atom. The lowest BCUT2D eigenvalue weighted by Crippen LogP contribution is -2.53. The van der Waals surface area contributed by atoms with E-state index in [1.54, 1.807) is 147 Å². The van der Waals surface area contributed by atoms with E-state index in [0.29, 0.717) is 22.9 Å². The minimum Gasteiger partial charge on any atom is -0.489 e. The second-order valence-electron chi connectivity index (χ2n) is 35.7. The van der Waals surface area contributed by atoms with Crippen molar-refractivity contribution in [1.29, 1.82) is 0 Å². The Balaban J connectivity index is 0.000000271. The van der Waals surface area contributed by atoms with Crippen LogP contribution < -0.4 is 62.7 Å². The van der Waals surface area contributed by atoms with E-state index in [1.165, 1.54) is 36.5 Å². The third kappa shape index (κ3) is 40.1. The Morgan fingerprint density at radius 2 is 0.773 bits per heavy atom. The molecule has 5 atom stereocenters. The van der Waals surface area contributed by atoms with Gasteiger partial charge in [0.2, 0.25) is 52.6 Å². The lowest BCUT2D eigenvalue weighted by atomic mass is 10.1. The highest BCUT2D eigenvalue weighted by Crippen LogP contribution is 2.33. The Hall–Kier alpha value is -16.3. The van der Waals surface area contributed by atoms with Crippen molar-refractivity contribution in [2.45, 2.75) is 190 Å². The zero-order chi connectivity index (χ0) is 109. The number of ether oxygens (including phenoxy) is 7. The summed E-state index contributed by atoms with van der Waals surface area (Å²) in [6, 6.07) is 55.8. The number of alkyl carbamates (subject to hydrolysis) is 3. The van der Waals surface area contributed by atoms with E-state index >= 15 is 0 Å². The SMILES string of the molecule is C.C.CC(C)(C)OC(=O)N[C@@H](Cn1cc(-c2ccccc2)cn1)C(=O)O.CC(C)(C)OC(=O)N[C@H]1COC1=O.CC(C)Oc1ccc(C(=O)Oc2c(F)c(F)c(F)c(F)c2F)cc1Cl.CNC(=O)[C@H](Cn1cc(-c2ccccc2)cn1)NC(=O)OC(C)(C)C.CNC(=O)[C@H](Cn1cc(-c2ccccc2)cn1)NC(=O)c1ccc(OC(C)C)c(Cl)c1.CNC(=O)[C@H](Cn1cc(-c2ccccc2)cn1)NN.c1ccc(-c2ccn[nH]2)cc1. The van der Waals surface area contributed by atoms with E-state index in [2.05, 4.69) is 82.7 Å². The fourth-order valence-electron chi connectivity index (χ4n) is 12.8. The van der Waals surface area contributed by atoms with Gasteiger partial charge < -0.3 is 75.5 Å². The molecule has 0 aliphatic carbocycles. The summed E-state index contributed by atoms with van der Waals surface area (Å²) < 4.78 is 108. The van der Waals surface area contributed by atoms with Crippen molar-refractivity contribution in [3.8, 4) is 73.0 Å². The molecule has 0 bridgehead atoms. The number of hydrazine groups is 1. The van der Waals surface area contributed by atoms with Crippen molar-refractivity contribution in [1.82, 2.24) is 92.0 Å². The molecule has 1 aliphatic rings. The summed E-state index contributed by atoms with van der Waals surface area (Å²) in [4.78, 5) is 117. The average molecular weight is 2120 g/mol. The maximum absolute atomic E-state index is 13.5. The van der Waals surface area contributed by atoms with Crippen LogP contribution in [-0.4, -0.2) is 201 Å². The number of nitrogens with zero attached hydrogens (tertiary/aromatic N) is 9. The van der Waals surface area contributed by atoms with Crippen molar-refractivity contribution >= 4 is 83.0 Å². The van der Waals surface area contributed by atoms with Crippen molar-refractivity contribution in [2.24, 2.45) is 5.84 Å². The fourth-order valence-corrected chi connectivity index (χ4v) is 13.2. The quantitative estimate of drug-likeness (QED) is 0.00303. The number of likely N-dealkylation sites (N-methyl/N-ethyl adjacent to an activating group) is 3. The van der Waals surface area contributed by atoms with E-state index in [4.69, 9.17) is 52.7 Å².